The molecular formula is C9H15N3O3S. The van der Waals surface area contributed by atoms with Crippen LogP contribution in [-0.2, 0) is 9.53 Å². The van der Waals surface area contributed by atoms with Crippen molar-refractivity contribution in [3.63, 3.8) is 0 Å². The van der Waals surface area contributed by atoms with Crippen LogP contribution in [0.15, 0.2) is 0 Å². The highest BCUT2D eigenvalue weighted by atomic mass is 32.1. The summed E-state index contributed by atoms with van der Waals surface area (Å²) in [6.45, 7) is 2.78. The predicted molar refractivity (Wildman–Crippen MR) is 60.8 cm³/mol. The Bertz CT molecular complexity index is 330. The number of esters is 1. The number of aromatic nitrogens is 2. The molecule has 0 radical (unpaired) electrons. The van der Waals surface area contributed by atoms with Gasteiger partial charge in [-0.15, -0.1) is 4.37 Å². The Morgan fingerprint density at radius 3 is 3.06 bits per heavy atom. The molecule has 1 aromatic rings. The van der Waals surface area contributed by atoms with Crippen LogP contribution in [0.1, 0.15) is 19.8 Å². The summed E-state index contributed by atoms with van der Waals surface area (Å²) in [5.41, 5.74) is 0. The Hall–Kier alpha value is -1.37. The second kappa shape index (κ2) is 7.00. The fourth-order valence-electron chi connectivity index (χ4n) is 0.868. The number of ether oxygens (including phenoxy) is 2. The normalized spacial score (nSPS) is 9.88. The van der Waals surface area contributed by atoms with E-state index in [-0.39, 0.29) is 12.5 Å². The Morgan fingerprint density at radius 1 is 1.56 bits per heavy atom. The van der Waals surface area contributed by atoms with Crippen molar-refractivity contribution in [2.75, 3.05) is 25.6 Å². The first-order valence-electron chi connectivity index (χ1n) is 5.03. The van der Waals surface area contributed by atoms with E-state index in [4.69, 9.17) is 4.74 Å². The number of nitrogens with one attached hydrogen (secondary N) is 1. The molecular weight excluding hydrogens is 230 g/mol. The van der Waals surface area contributed by atoms with E-state index in [1.165, 1.54) is 7.11 Å². The van der Waals surface area contributed by atoms with Gasteiger partial charge in [0.2, 0.25) is 5.13 Å². The smallest absolute Gasteiger partial charge is 0.330 e. The first kappa shape index (κ1) is 12.7. The van der Waals surface area contributed by atoms with Crippen molar-refractivity contribution in [3.05, 3.63) is 0 Å². The molecule has 7 heteroatoms. The molecule has 1 N–H and O–H groups in total. The maximum absolute atomic E-state index is 10.8. The van der Waals surface area contributed by atoms with Crippen LogP contribution in [-0.4, -0.2) is 35.6 Å². The second-order valence-electron chi connectivity index (χ2n) is 3.01. The van der Waals surface area contributed by atoms with Crippen LogP contribution in [0, 0.1) is 0 Å². The first-order valence-corrected chi connectivity index (χ1v) is 5.80. The average Bonchev–Trinajstić information content (AvgIpc) is 2.74. The summed E-state index contributed by atoms with van der Waals surface area (Å²) in [7, 11) is 1.34. The second-order valence-corrected chi connectivity index (χ2v) is 3.77. The first-order chi connectivity index (χ1) is 7.76. The largest absolute Gasteiger partial charge is 0.468 e. The predicted octanol–water partition coefficient (Wildman–Crippen LogP) is 1.30. The van der Waals surface area contributed by atoms with Crippen molar-refractivity contribution in [3.8, 4) is 6.01 Å². The van der Waals surface area contributed by atoms with Crippen molar-refractivity contribution in [2.24, 2.45) is 0 Å². The third-order valence-electron chi connectivity index (χ3n) is 1.75. The molecule has 16 heavy (non-hydrogen) atoms. The summed E-state index contributed by atoms with van der Waals surface area (Å²) in [6.07, 6.45) is 2.04. The van der Waals surface area contributed by atoms with Gasteiger partial charge in [0.15, 0.2) is 0 Å². The molecule has 0 fully saturated rings. The summed E-state index contributed by atoms with van der Waals surface area (Å²) < 4.78 is 13.8. The molecule has 0 saturated heterocycles. The molecule has 1 rings (SSSR count). The van der Waals surface area contributed by atoms with E-state index in [9.17, 15) is 4.79 Å². The average molecular weight is 245 g/mol. The maximum atomic E-state index is 10.8. The SMILES string of the molecule is CCCCOc1nsc(NCC(=O)OC)n1. The Kier molecular flexibility index (Phi) is 5.55. The number of carbonyl (C=O) groups is 1. The highest BCUT2D eigenvalue weighted by Gasteiger charge is 2.06. The third-order valence-corrected chi connectivity index (χ3v) is 2.40. The highest BCUT2D eigenvalue weighted by molar-refractivity contribution is 7.09. The summed E-state index contributed by atoms with van der Waals surface area (Å²) in [4.78, 5) is 14.9. The van der Waals surface area contributed by atoms with E-state index in [0.717, 1.165) is 24.4 Å². The van der Waals surface area contributed by atoms with Crippen molar-refractivity contribution < 1.29 is 14.3 Å². The van der Waals surface area contributed by atoms with Gasteiger partial charge < -0.3 is 14.8 Å². The van der Waals surface area contributed by atoms with Crippen LogP contribution >= 0.6 is 11.5 Å². The van der Waals surface area contributed by atoms with Gasteiger partial charge in [0.05, 0.1) is 13.7 Å². The van der Waals surface area contributed by atoms with E-state index < -0.39 is 0 Å². The quantitative estimate of drug-likeness (QED) is 0.576. The van der Waals surface area contributed by atoms with Gasteiger partial charge in [-0.1, -0.05) is 13.3 Å². The van der Waals surface area contributed by atoms with Gasteiger partial charge in [0.1, 0.15) is 6.54 Å². The van der Waals surface area contributed by atoms with E-state index in [1.54, 1.807) is 0 Å². The zero-order valence-electron chi connectivity index (χ0n) is 9.36. The number of carbonyl (C=O) groups excluding carboxylic acids is 1. The van der Waals surface area contributed by atoms with E-state index in [0.29, 0.717) is 17.7 Å². The molecule has 0 aromatic carbocycles. The number of hydrogen-bond donors (Lipinski definition) is 1. The van der Waals surface area contributed by atoms with Crippen LogP contribution in [0.4, 0.5) is 5.13 Å². The summed E-state index contributed by atoms with van der Waals surface area (Å²) >= 11 is 1.16. The van der Waals surface area contributed by atoms with Crippen molar-refractivity contribution in [1.29, 1.82) is 0 Å². The standard InChI is InChI=1S/C9H15N3O3S/c1-3-4-5-15-8-11-9(16-12-8)10-6-7(13)14-2/h3-6H2,1-2H3,(H,10,11,12). The molecule has 0 aliphatic heterocycles. The number of hydrogen-bond acceptors (Lipinski definition) is 7. The number of unbranched alkanes of at least 4 members (excludes halogenated alkanes) is 1. The highest BCUT2D eigenvalue weighted by Crippen LogP contribution is 2.15. The molecule has 0 unspecified atom stereocenters. The molecule has 0 bridgehead atoms. The monoisotopic (exact) mass is 245 g/mol. The number of nitrogens with zero attached hydrogens (tertiary/aromatic N) is 2. The minimum atomic E-state index is -0.344. The van der Waals surface area contributed by atoms with Gasteiger partial charge in [-0.3, -0.25) is 4.79 Å². The van der Waals surface area contributed by atoms with Gasteiger partial charge in [0.25, 0.3) is 0 Å². The zero-order chi connectivity index (χ0) is 11.8. The fraction of sp³-hybridized carbons (Fsp3) is 0.667. The molecule has 0 amide bonds. The molecule has 0 atom stereocenters. The van der Waals surface area contributed by atoms with Crippen LogP contribution in [0.3, 0.4) is 0 Å². The van der Waals surface area contributed by atoms with E-state index >= 15 is 0 Å². The molecule has 6 nitrogen and oxygen atoms in total. The van der Waals surface area contributed by atoms with Crippen molar-refractivity contribution in [1.82, 2.24) is 9.36 Å². The van der Waals surface area contributed by atoms with E-state index in [1.807, 2.05) is 0 Å². The lowest BCUT2D eigenvalue weighted by molar-refractivity contribution is -0.138. The third kappa shape index (κ3) is 4.43. The summed E-state index contributed by atoms with van der Waals surface area (Å²) in [5.74, 6) is -0.344. The fourth-order valence-corrected chi connectivity index (χ4v) is 1.38. The lowest BCUT2D eigenvalue weighted by Gasteiger charge is -1.99. The number of methoxy groups -OCH3 is 1. The molecule has 0 aliphatic rings. The van der Waals surface area contributed by atoms with Gasteiger partial charge in [-0.25, -0.2) is 0 Å². The Labute approximate surface area is 98.1 Å². The zero-order valence-corrected chi connectivity index (χ0v) is 10.2. The van der Waals surface area contributed by atoms with Gasteiger partial charge in [-0.2, -0.15) is 4.98 Å². The molecule has 0 spiro atoms. The Balaban J connectivity index is 2.30. The van der Waals surface area contributed by atoms with Gasteiger partial charge in [0, 0.05) is 11.5 Å². The lowest BCUT2D eigenvalue weighted by Crippen LogP contribution is -2.14. The minimum absolute atomic E-state index is 0.0834. The number of rotatable bonds is 7. The molecule has 1 heterocycles. The van der Waals surface area contributed by atoms with Crippen LogP contribution in [0.2, 0.25) is 0 Å². The van der Waals surface area contributed by atoms with Crippen molar-refractivity contribution >= 4 is 22.6 Å². The van der Waals surface area contributed by atoms with Crippen LogP contribution in [0.5, 0.6) is 6.01 Å². The molecule has 0 aliphatic carbocycles. The van der Waals surface area contributed by atoms with Gasteiger partial charge in [-0.05, 0) is 6.42 Å². The van der Waals surface area contributed by atoms with Gasteiger partial charge >= 0.3 is 12.0 Å². The Morgan fingerprint density at radius 2 is 2.38 bits per heavy atom. The van der Waals surface area contributed by atoms with Crippen molar-refractivity contribution in [2.45, 2.75) is 19.8 Å². The minimum Gasteiger partial charge on any atom is -0.468 e. The molecule has 0 saturated carbocycles. The summed E-state index contributed by atoms with van der Waals surface area (Å²) in [6, 6.07) is 0.353. The van der Waals surface area contributed by atoms with Crippen LogP contribution in [0.25, 0.3) is 0 Å². The molecule has 90 valence electrons. The topological polar surface area (TPSA) is 73.3 Å². The van der Waals surface area contributed by atoms with Crippen LogP contribution < -0.4 is 10.1 Å². The lowest BCUT2D eigenvalue weighted by atomic mass is 10.4. The summed E-state index contributed by atoms with van der Waals surface area (Å²) in [5, 5.41) is 3.35. The molecule has 1 aromatic heterocycles. The maximum Gasteiger partial charge on any atom is 0.330 e. The van der Waals surface area contributed by atoms with E-state index in [2.05, 4.69) is 26.3 Å². The number of anilines is 1.